The Bertz CT molecular complexity index is 1110. The highest BCUT2D eigenvalue weighted by Gasteiger charge is 2.22. The van der Waals surface area contributed by atoms with Crippen LogP contribution in [0.1, 0.15) is 12.0 Å². The topological polar surface area (TPSA) is 115 Å². The molecule has 3 heterocycles. The molecule has 2 aromatic heterocycles. The SMILES string of the molecule is C=C(CCOc1nc(-c2ccc[nH]c2=O)nc2c1OCCN2)c1ccccc1N. The zero-order valence-electron chi connectivity index (χ0n) is 15.8. The molecule has 1 aromatic carbocycles. The second-order valence-electron chi connectivity index (χ2n) is 6.51. The molecule has 0 saturated heterocycles. The van der Waals surface area contributed by atoms with Crippen LogP contribution in [0.15, 0.2) is 54.0 Å². The van der Waals surface area contributed by atoms with Gasteiger partial charge in [-0.25, -0.2) is 4.98 Å². The van der Waals surface area contributed by atoms with Crippen molar-refractivity contribution >= 4 is 17.1 Å². The Labute approximate surface area is 167 Å². The van der Waals surface area contributed by atoms with Crippen LogP contribution in [0.2, 0.25) is 0 Å². The van der Waals surface area contributed by atoms with E-state index in [1.165, 1.54) is 0 Å². The van der Waals surface area contributed by atoms with Gasteiger partial charge < -0.3 is 25.5 Å². The van der Waals surface area contributed by atoms with Gasteiger partial charge in [0.2, 0.25) is 5.75 Å². The van der Waals surface area contributed by atoms with E-state index in [1.54, 1.807) is 18.3 Å². The largest absolute Gasteiger partial charge is 0.483 e. The molecular weight excluding hydrogens is 370 g/mol. The fraction of sp³-hybridized carbons (Fsp3) is 0.190. The maximum atomic E-state index is 12.1. The predicted molar refractivity (Wildman–Crippen MR) is 112 cm³/mol. The highest BCUT2D eigenvalue weighted by atomic mass is 16.5. The van der Waals surface area contributed by atoms with E-state index < -0.39 is 0 Å². The summed E-state index contributed by atoms with van der Waals surface area (Å²) in [4.78, 5) is 23.6. The quantitative estimate of drug-likeness (QED) is 0.553. The summed E-state index contributed by atoms with van der Waals surface area (Å²) in [7, 11) is 0. The van der Waals surface area contributed by atoms with Crippen molar-refractivity contribution in [2.75, 3.05) is 30.8 Å². The molecule has 3 aromatic rings. The van der Waals surface area contributed by atoms with Crippen LogP contribution in [0.3, 0.4) is 0 Å². The van der Waals surface area contributed by atoms with E-state index in [2.05, 4.69) is 26.8 Å². The number of pyridine rings is 1. The molecule has 0 aliphatic carbocycles. The second kappa shape index (κ2) is 8.05. The molecule has 148 valence electrons. The fourth-order valence-corrected chi connectivity index (χ4v) is 3.04. The number of rotatable bonds is 6. The molecule has 0 amide bonds. The minimum atomic E-state index is -0.275. The average Bonchev–Trinajstić information content (AvgIpc) is 2.74. The molecule has 1 aliphatic heterocycles. The van der Waals surface area contributed by atoms with Crippen LogP contribution in [0.5, 0.6) is 11.6 Å². The Hall–Kier alpha value is -3.81. The van der Waals surface area contributed by atoms with Crippen molar-refractivity contribution in [3.8, 4) is 23.0 Å². The summed E-state index contributed by atoms with van der Waals surface area (Å²) < 4.78 is 11.6. The zero-order chi connectivity index (χ0) is 20.2. The highest BCUT2D eigenvalue weighted by Crippen LogP contribution is 2.36. The lowest BCUT2D eigenvalue weighted by molar-refractivity contribution is 0.263. The summed E-state index contributed by atoms with van der Waals surface area (Å²) in [5, 5.41) is 3.16. The second-order valence-corrected chi connectivity index (χ2v) is 6.51. The number of anilines is 2. The number of para-hydroxylation sites is 1. The fourth-order valence-electron chi connectivity index (χ4n) is 3.04. The summed E-state index contributed by atoms with van der Waals surface area (Å²) in [5.41, 5.74) is 8.53. The first-order valence-electron chi connectivity index (χ1n) is 9.25. The van der Waals surface area contributed by atoms with Crippen LogP contribution in [0, 0.1) is 0 Å². The number of aromatic amines is 1. The minimum Gasteiger partial charge on any atom is -0.483 e. The number of hydrogen-bond acceptors (Lipinski definition) is 7. The van der Waals surface area contributed by atoms with Crippen LogP contribution in [0.25, 0.3) is 17.0 Å². The molecule has 0 fully saturated rings. The summed E-state index contributed by atoms with van der Waals surface area (Å²) in [5.74, 6) is 1.50. The van der Waals surface area contributed by atoms with E-state index >= 15 is 0 Å². The van der Waals surface area contributed by atoms with Crippen molar-refractivity contribution in [1.29, 1.82) is 0 Å². The molecule has 4 N–H and O–H groups in total. The van der Waals surface area contributed by atoms with E-state index in [-0.39, 0.29) is 17.3 Å². The number of fused-ring (bicyclic) bond motifs is 1. The lowest BCUT2D eigenvalue weighted by atomic mass is 10.0. The van der Waals surface area contributed by atoms with Crippen molar-refractivity contribution in [3.63, 3.8) is 0 Å². The van der Waals surface area contributed by atoms with Crippen LogP contribution in [0.4, 0.5) is 11.5 Å². The summed E-state index contributed by atoms with van der Waals surface area (Å²) in [6, 6.07) is 10.9. The molecule has 0 spiro atoms. The molecule has 0 saturated carbocycles. The standard InChI is InChI=1S/C21H21N5O3/c1-13(14-5-2-3-7-16(14)22)8-11-29-21-17-19(23-10-12-28-17)25-18(26-21)15-6-4-9-24-20(15)27/h2-7,9H,1,8,10-12,22H2,(H,24,27)(H,23,25,26). The Balaban J connectivity index is 1.57. The van der Waals surface area contributed by atoms with Gasteiger partial charge >= 0.3 is 0 Å². The van der Waals surface area contributed by atoms with E-state index in [9.17, 15) is 4.79 Å². The van der Waals surface area contributed by atoms with Crippen molar-refractivity contribution < 1.29 is 9.47 Å². The third kappa shape index (κ3) is 3.91. The van der Waals surface area contributed by atoms with Crippen molar-refractivity contribution in [3.05, 3.63) is 65.1 Å². The van der Waals surface area contributed by atoms with Crippen molar-refractivity contribution in [2.24, 2.45) is 0 Å². The number of nitrogen functional groups attached to an aromatic ring is 1. The molecule has 0 unspecified atom stereocenters. The van der Waals surface area contributed by atoms with E-state index in [0.29, 0.717) is 49.0 Å². The van der Waals surface area contributed by atoms with Gasteiger partial charge in [-0.3, -0.25) is 4.79 Å². The van der Waals surface area contributed by atoms with Gasteiger partial charge in [0, 0.05) is 23.9 Å². The zero-order valence-corrected chi connectivity index (χ0v) is 15.8. The Morgan fingerprint density at radius 1 is 1.24 bits per heavy atom. The molecule has 0 atom stereocenters. The third-order valence-electron chi connectivity index (χ3n) is 4.52. The molecule has 29 heavy (non-hydrogen) atoms. The monoisotopic (exact) mass is 391 g/mol. The average molecular weight is 391 g/mol. The van der Waals surface area contributed by atoms with E-state index in [1.807, 2.05) is 24.3 Å². The number of nitrogens with two attached hydrogens (primary N) is 1. The van der Waals surface area contributed by atoms with Gasteiger partial charge in [-0.2, -0.15) is 4.98 Å². The van der Waals surface area contributed by atoms with Crippen LogP contribution in [-0.4, -0.2) is 34.7 Å². The first kappa shape index (κ1) is 18.5. The van der Waals surface area contributed by atoms with E-state index in [0.717, 1.165) is 11.1 Å². The Kier molecular flexibility index (Phi) is 5.15. The molecule has 0 bridgehead atoms. The molecule has 4 rings (SSSR count). The molecular formula is C21H21N5O3. The smallest absolute Gasteiger partial charge is 0.263 e. The molecule has 8 nitrogen and oxygen atoms in total. The van der Waals surface area contributed by atoms with Gasteiger partial charge in [-0.05, 0) is 23.8 Å². The van der Waals surface area contributed by atoms with Crippen molar-refractivity contribution in [1.82, 2.24) is 15.0 Å². The summed E-state index contributed by atoms with van der Waals surface area (Å²) in [6.45, 7) is 5.51. The lowest BCUT2D eigenvalue weighted by Gasteiger charge is -2.21. The van der Waals surface area contributed by atoms with Gasteiger partial charge in [0.15, 0.2) is 11.6 Å². The number of H-pyrrole nitrogens is 1. The number of ether oxygens (including phenoxy) is 2. The number of benzene rings is 1. The summed E-state index contributed by atoms with van der Waals surface area (Å²) >= 11 is 0. The van der Waals surface area contributed by atoms with Crippen LogP contribution >= 0.6 is 0 Å². The van der Waals surface area contributed by atoms with Gasteiger partial charge in [0.05, 0.1) is 18.7 Å². The van der Waals surface area contributed by atoms with Gasteiger partial charge in [-0.15, -0.1) is 0 Å². The van der Waals surface area contributed by atoms with Gasteiger partial charge in [0.1, 0.15) is 6.61 Å². The normalized spacial score (nSPS) is 12.4. The van der Waals surface area contributed by atoms with Crippen LogP contribution in [-0.2, 0) is 0 Å². The Morgan fingerprint density at radius 2 is 2.10 bits per heavy atom. The first-order chi connectivity index (χ1) is 14.1. The molecule has 0 radical (unpaired) electrons. The van der Waals surface area contributed by atoms with Crippen LogP contribution < -0.4 is 26.1 Å². The maximum Gasteiger partial charge on any atom is 0.263 e. The number of aromatic nitrogens is 3. The van der Waals surface area contributed by atoms with E-state index in [4.69, 9.17) is 15.2 Å². The van der Waals surface area contributed by atoms with Crippen molar-refractivity contribution in [2.45, 2.75) is 6.42 Å². The molecule has 1 aliphatic rings. The molecule has 8 heteroatoms. The maximum absolute atomic E-state index is 12.1. The first-order valence-corrected chi connectivity index (χ1v) is 9.25. The number of nitrogens with one attached hydrogen (secondary N) is 2. The lowest BCUT2D eigenvalue weighted by Crippen LogP contribution is -2.21. The number of hydrogen-bond donors (Lipinski definition) is 3. The van der Waals surface area contributed by atoms with Gasteiger partial charge in [-0.1, -0.05) is 24.8 Å². The number of nitrogens with zero attached hydrogens (tertiary/aromatic N) is 2. The summed E-state index contributed by atoms with van der Waals surface area (Å²) in [6.07, 6.45) is 2.12. The predicted octanol–water partition coefficient (Wildman–Crippen LogP) is 2.70. The Morgan fingerprint density at radius 3 is 2.93 bits per heavy atom. The minimum absolute atomic E-state index is 0.268. The highest BCUT2D eigenvalue weighted by molar-refractivity contribution is 5.73. The third-order valence-corrected chi connectivity index (χ3v) is 4.52. The van der Waals surface area contributed by atoms with Gasteiger partial charge in [0.25, 0.3) is 11.4 Å².